The summed E-state index contributed by atoms with van der Waals surface area (Å²) in [7, 11) is -24.0. The van der Waals surface area contributed by atoms with Gasteiger partial charge in [-0.15, -0.1) is 0 Å². The van der Waals surface area contributed by atoms with Gasteiger partial charge in [-0.05, 0) is 45.2 Å². The molecule has 0 aliphatic carbocycles. The standard InChI is InChI=1S/C52H50N4.4BF4/c1-39(2)47-15-9-11-19-51(47)55-33-25-43(26-34-55)41-21-29-53(30-22-41)37-45-13-5-7-17-49(45)50-18-8-6-14-46(50)38-54-31-23-42(24-32-54)44-27-35-56(36-28-44)52-20-12-10-16-48(52)40(3)4;4*2-1(3,4)5/h5-36,39-40H,37-38H2,1-4H3;;;;/q+4;4*-1. The van der Waals surface area contributed by atoms with E-state index in [1.165, 1.54) is 67.0 Å². The molecule has 0 N–H and O–H groups in total. The van der Waals surface area contributed by atoms with Crippen molar-refractivity contribution in [3.63, 3.8) is 0 Å². The topological polar surface area (TPSA) is 15.5 Å². The lowest BCUT2D eigenvalue weighted by atomic mass is 9.95. The number of para-hydroxylation sites is 2. The van der Waals surface area contributed by atoms with Crippen LogP contribution in [0.15, 0.2) is 195 Å². The molecule has 8 aromatic rings. The summed E-state index contributed by atoms with van der Waals surface area (Å²) in [6.07, 6.45) is 17.5. The zero-order chi connectivity index (χ0) is 56.4. The lowest BCUT2D eigenvalue weighted by Crippen LogP contribution is -2.34. The minimum Gasteiger partial charge on any atom is -0.418 e. The average Bonchev–Trinajstić information content (AvgIpc) is 3.33. The van der Waals surface area contributed by atoms with Crippen LogP contribution in [0.25, 0.3) is 44.8 Å². The van der Waals surface area contributed by atoms with Crippen LogP contribution in [0.1, 0.15) is 61.8 Å². The number of halogens is 16. The van der Waals surface area contributed by atoms with Crippen LogP contribution in [0, 0.1) is 0 Å². The van der Waals surface area contributed by atoms with E-state index in [0.717, 1.165) is 13.1 Å². The maximum atomic E-state index is 9.75. The van der Waals surface area contributed by atoms with Crippen molar-refractivity contribution in [2.45, 2.75) is 52.6 Å². The molecule has 0 saturated heterocycles. The zero-order valence-corrected chi connectivity index (χ0v) is 41.2. The van der Waals surface area contributed by atoms with Crippen LogP contribution in [0.4, 0.5) is 69.1 Å². The molecule has 0 spiro atoms. The molecule has 0 saturated carbocycles. The van der Waals surface area contributed by atoms with Crippen LogP contribution in [0.5, 0.6) is 0 Å². The summed E-state index contributed by atoms with van der Waals surface area (Å²) in [6, 6.07) is 52.6. The molecule has 0 aliphatic heterocycles. The molecule has 76 heavy (non-hydrogen) atoms. The van der Waals surface area contributed by atoms with E-state index in [0.29, 0.717) is 11.8 Å². The Kier molecular flexibility index (Phi) is 22.1. The Morgan fingerprint density at radius 1 is 0.303 bits per heavy atom. The number of nitrogens with zero attached hydrogens (tertiary/aromatic N) is 4. The summed E-state index contributed by atoms with van der Waals surface area (Å²) in [5.41, 5.74) is 15.1. The molecule has 0 unspecified atom stereocenters. The van der Waals surface area contributed by atoms with E-state index in [9.17, 15) is 69.1 Å². The normalized spacial score (nSPS) is 11.5. The van der Waals surface area contributed by atoms with Crippen molar-refractivity contribution in [2.24, 2.45) is 0 Å². The second-order valence-corrected chi connectivity index (χ2v) is 17.2. The van der Waals surface area contributed by atoms with Crippen LogP contribution < -0.4 is 18.3 Å². The Balaban J connectivity index is 0.000000533. The van der Waals surface area contributed by atoms with Gasteiger partial charge in [0.05, 0.1) is 0 Å². The minimum atomic E-state index is -6.00. The smallest absolute Gasteiger partial charge is 0.418 e. The van der Waals surface area contributed by atoms with Crippen LogP contribution in [-0.2, 0) is 13.1 Å². The number of benzene rings is 4. The fourth-order valence-corrected chi connectivity index (χ4v) is 7.73. The second-order valence-electron chi connectivity index (χ2n) is 17.2. The SMILES string of the molecule is CC(C)c1ccccc1-[n+]1ccc(-c2cc[n+](Cc3ccccc3-c3ccccc3C[n+]3ccc(-c4cc[n+](-c5ccccc5C(C)C)cc4)cc3)cc2)cc1.F[B-](F)(F)F.F[B-](F)(F)F.F[B-](F)(F)F.F[B-](F)(F)F. The van der Waals surface area contributed by atoms with Crippen molar-refractivity contribution >= 4 is 29.0 Å². The van der Waals surface area contributed by atoms with Crippen molar-refractivity contribution in [3.8, 4) is 44.8 Å². The van der Waals surface area contributed by atoms with E-state index in [2.05, 4.69) is 241 Å². The van der Waals surface area contributed by atoms with Crippen LogP contribution in [0.3, 0.4) is 0 Å². The maximum absolute atomic E-state index is 9.75. The molecule has 4 aromatic carbocycles. The van der Waals surface area contributed by atoms with E-state index in [1.54, 1.807) is 0 Å². The molecular weight excluding hydrogens is 1030 g/mol. The molecule has 8 rings (SSSR count). The Morgan fingerprint density at radius 3 is 0.789 bits per heavy atom. The summed E-state index contributed by atoms with van der Waals surface area (Å²) < 4.78 is 165. The van der Waals surface area contributed by atoms with E-state index in [4.69, 9.17) is 0 Å². The highest BCUT2D eigenvalue weighted by molar-refractivity contribution is 6.51. The second kappa shape index (κ2) is 27.4. The Bertz CT molecular complexity index is 2770. The van der Waals surface area contributed by atoms with E-state index >= 15 is 0 Å². The predicted molar refractivity (Wildman–Crippen MR) is 266 cm³/mol. The molecule has 0 aliphatic rings. The molecule has 0 amide bonds. The highest BCUT2D eigenvalue weighted by Gasteiger charge is 2.23. The molecule has 4 nitrogen and oxygen atoms in total. The highest BCUT2D eigenvalue weighted by atomic mass is 19.5. The van der Waals surface area contributed by atoms with Gasteiger partial charge in [-0.3, -0.25) is 0 Å². The van der Waals surface area contributed by atoms with Gasteiger partial charge in [-0.2, -0.15) is 9.13 Å². The number of pyridine rings is 4. The van der Waals surface area contributed by atoms with Crippen LogP contribution >= 0.6 is 0 Å². The summed E-state index contributed by atoms with van der Waals surface area (Å²) in [6.45, 7) is 10.6. The quantitative estimate of drug-likeness (QED) is 0.0697. The first-order chi connectivity index (χ1) is 35.4. The Morgan fingerprint density at radius 2 is 0.526 bits per heavy atom. The van der Waals surface area contributed by atoms with Crippen LogP contribution in [0.2, 0.25) is 0 Å². The van der Waals surface area contributed by atoms with Crippen molar-refractivity contribution in [1.29, 1.82) is 0 Å². The number of rotatable bonds is 11. The van der Waals surface area contributed by atoms with Crippen molar-refractivity contribution in [1.82, 2.24) is 0 Å². The summed E-state index contributed by atoms with van der Waals surface area (Å²) in [4.78, 5) is 0. The van der Waals surface area contributed by atoms with Gasteiger partial charge in [0, 0.05) is 82.9 Å². The summed E-state index contributed by atoms with van der Waals surface area (Å²) >= 11 is 0. The molecular formula is C52H50B4F16N4. The first-order valence-corrected chi connectivity index (χ1v) is 23.3. The summed E-state index contributed by atoms with van der Waals surface area (Å²) in [5.74, 6) is 0.929. The number of hydrogen-bond donors (Lipinski definition) is 0. The first kappa shape index (κ1) is 61.2. The minimum absolute atomic E-state index is 0.464. The van der Waals surface area contributed by atoms with Crippen molar-refractivity contribution in [3.05, 3.63) is 217 Å². The number of aromatic nitrogens is 4. The van der Waals surface area contributed by atoms with Gasteiger partial charge in [0.1, 0.15) is 0 Å². The van der Waals surface area contributed by atoms with Gasteiger partial charge in [0.15, 0.2) is 62.7 Å². The Labute approximate surface area is 430 Å². The highest BCUT2D eigenvalue weighted by Crippen LogP contribution is 2.28. The third kappa shape index (κ3) is 22.6. The first-order valence-electron chi connectivity index (χ1n) is 23.3. The fraction of sp³-hybridized carbons (Fsp3) is 0.154. The van der Waals surface area contributed by atoms with Crippen LogP contribution in [-0.4, -0.2) is 29.0 Å². The zero-order valence-electron chi connectivity index (χ0n) is 41.2. The van der Waals surface area contributed by atoms with E-state index in [-0.39, 0.29) is 0 Å². The lowest BCUT2D eigenvalue weighted by molar-refractivity contribution is -0.688. The van der Waals surface area contributed by atoms with E-state index in [1.807, 2.05) is 0 Å². The molecule has 4 aromatic heterocycles. The van der Waals surface area contributed by atoms with Crippen molar-refractivity contribution < 1.29 is 87.3 Å². The van der Waals surface area contributed by atoms with Gasteiger partial charge in [-0.1, -0.05) is 113 Å². The van der Waals surface area contributed by atoms with Gasteiger partial charge in [-0.25, -0.2) is 9.13 Å². The average molecular weight is 1080 g/mol. The van der Waals surface area contributed by atoms with Gasteiger partial charge >= 0.3 is 29.0 Å². The molecule has 0 fully saturated rings. The predicted octanol–water partition coefficient (Wildman–Crippen LogP) is 15.4. The third-order valence-corrected chi connectivity index (χ3v) is 10.8. The largest absolute Gasteiger partial charge is 0.673 e. The van der Waals surface area contributed by atoms with E-state index < -0.39 is 29.0 Å². The molecule has 0 atom stereocenters. The van der Waals surface area contributed by atoms with Gasteiger partial charge < -0.3 is 69.1 Å². The molecule has 0 bridgehead atoms. The monoisotopic (exact) mass is 1080 g/mol. The maximum Gasteiger partial charge on any atom is 0.673 e. The number of hydrogen-bond acceptors (Lipinski definition) is 0. The molecule has 24 heteroatoms. The summed E-state index contributed by atoms with van der Waals surface area (Å²) in [5, 5.41) is 0. The lowest BCUT2D eigenvalue weighted by Gasteiger charge is -2.12. The Hall–Kier alpha value is -7.38. The molecule has 0 radical (unpaired) electrons. The third-order valence-electron chi connectivity index (χ3n) is 10.8. The molecule has 4 heterocycles. The van der Waals surface area contributed by atoms with Crippen molar-refractivity contribution in [2.75, 3.05) is 0 Å². The fourth-order valence-electron chi connectivity index (χ4n) is 7.73. The van der Waals surface area contributed by atoms with Gasteiger partial charge in [0.2, 0.25) is 11.4 Å². The van der Waals surface area contributed by atoms with Gasteiger partial charge in [0.25, 0.3) is 0 Å². The molecule has 402 valence electrons.